The molecule has 1 rings (SSSR count). The molecule has 0 spiro atoms. The summed E-state index contributed by atoms with van der Waals surface area (Å²) in [7, 11) is 0. The van der Waals surface area contributed by atoms with Gasteiger partial charge >= 0.3 is 5.97 Å². The lowest BCUT2D eigenvalue weighted by Gasteiger charge is -2.03. The Balaban J connectivity index is 2.41. The Morgan fingerprint density at radius 2 is 2.00 bits per heavy atom. The highest BCUT2D eigenvalue weighted by Gasteiger charge is 2.03. The van der Waals surface area contributed by atoms with Gasteiger partial charge in [0.2, 0.25) is 5.91 Å². The molecule has 5 heteroatoms. The summed E-state index contributed by atoms with van der Waals surface area (Å²) in [5, 5.41) is 11.3. The molecule has 1 amide bonds. The number of carboxylic acid groups (broad SMARTS) is 1. The summed E-state index contributed by atoms with van der Waals surface area (Å²) in [5.41, 5.74) is 0.753. The van der Waals surface area contributed by atoms with Gasteiger partial charge in [0.15, 0.2) is 0 Å². The fourth-order valence-corrected chi connectivity index (χ4v) is 1.99. The van der Waals surface area contributed by atoms with E-state index >= 15 is 0 Å². The van der Waals surface area contributed by atoms with Crippen LogP contribution in [0.5, 0.6) is 0 Å². The Bertz CT molecular complexity index is 428. The van der Waals surface area contributed by atoms with E-state index in [4.69, 9.17) is 5.11 Å². The minimum absolute atomic E-state index is 0.0186. The standard InChI is InChI=1S/C13H15NO3S/c1-2-7-14-12(15)9-18-11-5-3-10(4-6-11)8-13(16)17/h2-6H,1,7-9H2,(H,14,15)(H,16,17). The van der Waals surface area contributed by atoms with Crippen molar-refractivity contribution in [1.82, 2.24) is 5.32 Å². The molecule has 0 radical (unpaired) electrons. The first-order chi connectivity index (χ1) is 8.61. The van der Waals surface area contributed by atoms with Crippen molar-refractivity contribution in [2.75, 3.05) is 12.3 Å². The van der Waals surface area contributed by atoms with Gasteiger partial charge in [-0.1, -0.05) is 18.2 Å². The molecule has 0 aliphatic rings. The van der Waals surface area contributed by atoms with Crippen LogP contribution in [-0.2, 0) is 16.0 Å². The van der Waals surface area contributed by atoms with E-state index in [1.165, 1.54) is 11.8 Å². The van der Waals surface area contributed by atoms with Gasteiger partial charge in [-0.3, -0.25) is 9.59 Å². The number of nitrogens with one attached hydrogen (secondary N) is 1. The van der Waals surface area contributed by atoms with Crippen molar-refractivity contribution in [3.05, 3.63) is 42.5 Å². The number of rotatable bonds is 7. The molecule has 4 nitrogen and oxygen atoms in total. The van der Waals surface area contributed by atoms with Crippen LogP contribution in [0, 0.1) is 0 Å². The first-order valence-corrected chi connectivity index (χ1v) is 6.41. The molecule has 0 aliphatic carbocycles. The largest absolute Gasteiger partial charge is 0.481 e. The van der Waals surface area contributed by atoms with Gasteiger partial charge in [-0.25, -0.2) is 0 Å². The zero-order chi connectivity index (χ0) is 13.4. The van der Waals surface area contributed by atoms with E-state index < -0.39 is 5.97 Å². The summed E-state index contributed by atoms with van der Waals surface area (Å²) in [6, 6.07) is 7.17. The van der Waals surface area contributed by atoms with E-state index in [0.717, 1.165) is 10.5 Å². The molecule has 0 heterocycles. The van der Waals surface area contributed by atoms with Crippen molar-refractivity contribution in [3.8, 4) is 0 Å². The van der Waals surface area contributed by atoms with Crippen molar-refractivity contribution in [2.45, 2.75) is 11.3 Å². The molecule has 0 saturated heterocycles. The third-order valence-corrected chi connectivity index (χ3v) is 3.10. The molecule has 18 heavy (non-hydrogen) atoms. The van der Waals surface area contributed by atoms with E-state index in [1.807, 2.05) is 12.1 Å². The van der Waals surface area contributed by atoms with Gasteiger partial charge in [0.25, 0.3) is 0 Å². The summed E-state index contributed by atoms with van der Waals surface area (Å²) in [4.78, 5) is 22.8. The molecule has 0 aromatic heterocycles. The second kappa shape index (κ2) is 7.55. The van der Waals surface area contributed by atoms with Crippen LogP contribution in [0.1, 0.15) is 5.56 Å². The molecule has 96 valence electrons. The van der Waals surface area contributed by atoms with Crippen molar-refractivity contribution in [2.24, 2.45) is 0 Å². The predicted octanol–water partition coefficient (Wildman–Crippen LogP) is 1.71. The van der Waals surface area contributed by atoms with Crippen LogP contribution in [0.3, 0.4) is 0 Å². The zero-order valence-corrected chi connectivity index (χ0v) is 10.7. The van der Waals surface area contributed by atoms with Gasteiger partial charge in [-0.15, -0.1) is 18.3 Å². The van der Waals surface area contributed by atoms with Crippen molar-refractivity contribution >= 4 is 23.6 Å². The third-order valence-electron chi connectivity index (χ3n) is 2.09. The maximum atomic E-state index is 11.3. The van der Waals surface area contributed by atoms with Crippen molar-refractivity contribution < 1.29 is 14.7 Å². The molecule has 0 bridgehead atoms. The number of carbonyl (C=O) groups is 2. The van der Waals surface area contributed by atoms with Crippen molar-refractivity contribution in [1.29, 1.82) is 0 Å². The Labute approximate surface area is 110 Å². The highest BCUT2D eigenvalue weighted by atomic mass is 32.2. The van der Waals surface area contributed by atoms with Gasteiger partial charge < -0.3 is 10.4 Å². The van der Waals surface area contributed by atoms with E-state index in [9.17, 15) is 9.59 Å². The molecule has 0 saturated carbocycles. The van der Waals surface area contributed by atoms with Gasteiger partial charge in [0, 0.05) is 11.4 Å². The zero-order valence-electron chi connectivity index (χ0n) is 9.89. The summed E-state index contributed by atoms with van der Waals surface area (Å²) in [5.74, 6) is -0.555. The minimum Gasteiger partial charge on any atom is -0.481 e. The lowest BCUT2D eigenvalue weighted by Crippen LogP contribution is -2.24. The third kappa shape index (κ3) is 5.54. The van der Waals surface area contributed by atoms with Crippen LogP contribution >= 0.6 is 11.8 Å². The SMILES string of the molecule is C=CCNC(=O)CSc1ccc(CC(=O)O)cc1. The normalized spacial score (nSPS) is 9.78. The maximum absolute atomic E-state index is 11.3. The highest BCUT2D eigenvalue weighted by Crippen LogP contribution is 2.18. The second-order valence-corrected chi connectivity index (χ2v) is 4.64. The summed E-state index contributed by atoms with van der Waals surface area (Å²) >= 11 is 1.41. The average molecular weight is 265 g/mol. The maximum Gasteiger partial charge on any atom is 0.307 e. The van der Waals surface area contributed by atoms with E-state index in [2.05, 4.69) is 11.9 Å². The number of thioether (sulfide) groups is 1. The Kier molecular flexibility index (Phi) is 6.00. The smallest absolute Gasteiger partial charge is 0.307 e. The van der Waals surface area contributed by atoms with Crippen LogP contribution < -0.4 is 5.32 Å². The molecule has 0 fully saturated rings. The quantitative estimate of drug-likeness (QED) is 0.582. The average Bonchev–Trinajstić information content (AvgIpc) is 2.35. The van der Waals surface area contributed by atoms with E-state index in [-0.39, 0.29) is 12.3 Å². The number of hydrogen-bond acceptors (Lipinski definition) is 3. The summed E-state index contributed by atoms with van der Waals surface area (Å²) in [6.45, 7) is 3.98. The van der Waals surface area contributed by atoms with Gasteiger partial charge in [0.05, 0.1) is 12.2 Å². The molecule has 1 aromatic rings. The number of hydrogen-bond donors (Lipinski definition) is 2. The molecular weight excluding hydrogens is 250 g/mol. The second-order valence-electron chi connectivity index (χ2n) is 3.60. The van der Waals surface area contributed by atoms with Crippen LogP contribution in [0.2, 0.25) is 0 Å². The van der Waals surface area contributed by atoms with Gasteiger partial charge in [-0.2, -0.15) is 0 Å². The summed E-state index contributed by atoms with van der Waals surface area (Å²) < 4.78 is 0. The first-order valence-electron chi connectivity index (χ1n) is 5.43. The monoisotopic (exact) mass is 265 g/mol. The minimum atomic E-state index is -0.848. The molecule has 1 aromatic carbocycles. The fourth-order valence-electron chi connectivity index (χ4n) is 1.26. The molecule has 2 N–H and O–H groups in total. The van der Waals surface area contributed by atoms with Crippen LogP contribution in [0.15, 0.2) is 41.8 Å². The highest BCUT2D eigenvalue weighted by molar-refractivity contribution is 8.00. The first kappa shape index (κ1) is 14.3. The number of benzene rings is 1. The van der Waals surface area contributed by atoms with Crippen LogP contribution in [0.4, 0.5) is 0 Å². The predicted molar refractivity (Wildman–Crippen MR) is 71.7 cm³/mol. The number of carbonyl (C=O) groups excluding carboxylic acids is 1. The Hall–Kier alpha value is -1.75. The Morgan fingerprint density at radius 1 is 1.33 bits per heavy atom. The number of carboxylic acids is 1. The van der Waals surface area contributed by atoms with Crippen LogP contribution in [-0.4, -0.2) is 29.3 Å². The topological polar surface area (TPSA) is 66.4 Å². The molecule has 0 atom stereocenters. The molecule has 0 unspecified atom stereocenters. The Morgan fingerprint density at radius 3 is 2.56 bits per heavy atom. The number of amides is 1. The van der Waals surface area contributed by atoms with Crippen LogP contribution in [0.25, 0.3) is 0 Å². The van der Waals surface area contributed by atoms with E-state index in [0.29, 0.717) is 12.3 Å². The summed E-state index contributed by atoms with van der Waals surface area (Å²) in [6.07, 6.45) is 1.65. The van der Waals surface area contributed by atoms with E-state index in [1.54, 1.807) is 18.2 Å². The lowest BCUT2D eigenvalue weighted by molar-refractivity contribution is -0.136. The molecular formula is C13H15NO3S. The fraction of sp³-hybridized carbons (Fsp3) is 0.231. The number of aliphatic carboxylic acids is 1. The molecule has 0 aliphatic heterocycles. The van der Waals surface area contributed by atoms with Gasteiger partial charge in [0.1, 0.15) is 0 Å². The van der Waals surface area contributed by atoms with Crippen molar-refractivity contribution in [3.63, 3.8) is 0 Å². The lowest BCUT2D eigenvalue weighted by atomic mass is 10.2. The van der Waals surface area contributed by atoms with Gasteiger partial charge in [-0.05, 0) is 17.7 Å².